The minimum absolute atomic E-state index is 0.0246. The van der Waals surface area contributed by atoms with Crippen molar-refractivity contribution in [2.45, 2.75) is 18.4 Å². The van der Waals surface area contributed by atoms with Crippen LogP contribution in [0.4, 0.5) is 8.78 Å². The van der Waals surface area contributed by atoms with Gasteiger partial charge in [0, 0.05) is 35.0 Å². The van der Waals surface area contributed by atoms with Gasteiger partial charge in [-0.05, 0) is 28.9 Å². The van der Waals surface area contributed by atoms with Gasteiger partial charge in [0.25, 0.3) is 0 Å². The van der Waals surface area contributed by atoms with Gasteiger partial charge in [0.05, 0.1) is 0 Å². The van der Waals surface area contributed by atoms with E-state index in [9.17, 15) is 9.35 Å². The van der Waals surface area contributed by atoms with Crippen molar-refractivity contribution in [2.75, 3.05) is 14.1 Å². The summed E-state index contributed by atoms with van der Waals surface area (Å²) in [4.78, 5) is 13.6. The maximum Gasteiger partial charge on any atom is 0.340 e. The summed E-state index contributed by atoms with van der Waals surface area (Å²) in [7, 11) is 2.95. The summed E-state index contributed by atoms with van der Waals surface area (Å²) in [5, 5.41) is 20.6. The Morgan fingerprint density at radius 2 is 2.12 bits per heavy atom. The molecule has 0 spiro atoms. The number of halogens is 3. The first-order valence-electron chi connectivity index (χ1n) is 6.54. The molecule has 0 fully saturated rings. The number of carbonyl (C=O) groups is 1. The number of allylic oxidation sites excluding steroid dienone is 1. The number of nitrogens with zero attached hydrogens (tertiary/aromatic N) is 3. The monoisotopic (exact) mass is 450 g/mol. The molecule has 0 saturated heterocycles. The maximum atomic E-state index is 15.1. The molecule has 0 amide bonds. The van der Waals surface area contributed by atoms with Gasteiger partial charge in [-0.2, -0.15) is 14.0 Å². The fraction of sp³-hybridized carbons (Fsp3) is 0.357. The molecular formula is C14H13BrF2N4O2S2. The molecule has 0 saturated carbocycles. The van der Waals surface area contributed by atoms with E-state index in [2.05, 4.69) is 15.9 Å². The van der Waals surface area contributed by atoms with Crippen molar-refractivity contribution in [2.24, 2.45) is 0 Å². The molecule has 1 N–H and O–H groups in total. The largest absolute Gasteiger partial charge is 0.583 e. The lowest BCUT2D eigenvalue weighted by atomic mass is 9.87. The predicted octanol–water partition coefficient (Wildman–Crippen LogP) is 2.63. The number of hydrogen-bond donors (Lipinski definition) is 1. The smallest absolute Gasteiger partial charge is 0.340 e. The van der Waals surface area contributed by atoms with Crippen molar-refractivity contribution in [3.63, 3.8) is 0 Å². The molecule has 1 aromatic heterocycles. The Morgan fingerprint density at radius 3 is 2.52 bits per heavy atom. The van der Waals surface area contributed by atoms with Gasteiger partial charge in [-0.3, -0.25) is 4.79 Å². The van der Waals surface area contributed by atoms with Gasteiger partial charge in [-0.1, -0.05) is 0 Å². The lowest BCUT2D eigenvalue weighted by Gasteiger charge is -2.34. The predicted molar refractivity (Wildman–Crippen MR) is 93.6 cm³/mol. The summed E-state index contributed by atoms with van der Waals surface area (Å²) in [6.45, 7) is 0.961. The number of Topliss-reactive ketones (excluding diaryl/α,β-unsaturated/α-hetero) is 1. The van der Waals surface area contributed by atoms with Crippen LogP contribution < -0.4 is 4.72 Å². The first-order chi connectivity index (χ1) is 11.5. The Hall–Kier alpha value is -1.50. The maximum absolute atomic E-state index is 15.1. The van der Waals surface area contributed by atoms with Crippen LogP contribution in [-0.2, 0) is 21.7 Å². The first kappa shape index (κ1) is 21.5. The quantitative estimate of drug-likeness (QED) is 0.296. The molecular weight excluding hydrogens is 438 g/mol. The number of carbonyl (C=O) groups excluding carboxylic acids is 1. The Balaban J connectivity index is 3.49. The Bertz CT molecular complexity index is 770. The van der Waals surface area contributed by atoms with Gasteiger partial charge >= 0.3 is 11.3 Å². The van der Waals surface area contributed by atoms with E-state index in [0.717, 1.165) is 24.5 Å². The normalized spacial score (nSPS) is 15.6. The summed E-state index contributed by atoms with van der Waals surface area (Å²) in [5.41, 5.74) is -3.22. The zero-order valence-corrected chi connectivity index (χ0v) is 16.6. The Morgan fingerprint density at radius 1 is 1.52 bits per heavy atom. The second-order valence-electron chi connectivity index (χ2n) is 5.24. The van der Waals surface area contributed by atoms with E-state index in [1.165, 1.54) is 41.9 Å². The van der Waals surface area contributed by atoms with E-state index >= 15 is 8.78 Å². The summed E-state index contributed by atoms with van der Waals surface area (Å²) < 4.78 is 44.2. The zero-order valence-electron chi connectivity index (χ0n) is 13.3. The van der Waals surface area contributed by atoms with Crippen LogP contribution in [-0.4, -0.2) is 35.3 Å². The van der Waals surface area contributed by atoms with E-state index in [4.69, 9.17) is 10.5 Å². The van der Waals surface area contributed by atoms with E-state index < -0.39 is 34.2 Å². The van der Waals surface area contributed by atoms with Gasteiger partial charge in [0.15, 0.2) is 16.9 Å². The fourth-order valence-corrected chi connectivity index (χ4v) is 4.14. The number of nitriles is 2. The Labute approximate surface area is 159 Å². The molecule has 25 heavy (non-hydrogen) atoms. The summed E-state index contributed by atoms with van der Waals surface area (Å²) in [6.07, 6.45) is 0.974. The second-order valence-corrected chi connectivity index (χ2v) is 7.99. The molecule has 6 nitrogen and oxygen atoms in total. The average molecular weight is 451 g/mol. The molecule has 134 valence electrons. The lowest BCUT2D eigenvalue weighted by molar-refractivity contribution is -0.150. The third kappa shape index (κ3) is 4.57. The molecule has 2 atom stereocenters. The number of rotatable bonds is 7. The number of hydrogen-bond acceptors (Lipinski definition) is 7. The highest BCUT2D eigenvalue weighted by Gasteiger charge is 2.61. The van der Waals surface area contributed by atoms with Crippen LogP contribution in [0, 0.1) is 22.0 Å². The number of nitrogens with one attached hydrogen (secondary N) is 1. The molecule has 0 aliphatic carbocycles. The summed E-state index contributed by atoms with van der Waals surface area (Å²) in [5.74, 6) is -5.89. The molecule has 0 aliphatic heterocycles. The standard InChI is InChI=1S/C14H13BrF2N4O2S2/c1-13(20-25(23)8-19,11-4-10(15)7-24-11)14(16,17)12(22)9(5-18)6-21(2)3/h4,6-7,20H,1-3H3/b9-6+/t13?,25-/m1/s1. The van der Waals surface area contributed by atoms with Crippen LogP contribution in [0.2, 0.25) is 0 Å². The highest BCUT2D eigenvalue weighted by molar-refractivity contribution is 9.10. The number of thiophene rings is 1. The van der Waals surface area contributed by atoms with Crippen molar-refractivity contribution in [3.8, 4) is 11.5 Å². The number of thiocyanates is 1. The van der Waals surface area contributed by atoms with Gasteiger partial charge in [-0.25, -0.2) is 0 Å². The van der Waals surface area contributed by atoms with E-state index in [0.29, 0.717) is 4.47 Å². The molecule has 0 aromatic carbocycles. The summed E-state index contributed by atoms with van der Waals surface area (Å²) in [6, 6.07) is 2.78. The second kappa shape index (κ2) is 8.25. The number of alkyl halides is 2. The number of ketones is 1. The van der Waals surface area contributed by atoms with E-state index in [1.54, 1.807) is 0 Å². The summed E-state index contributed by atoms with van der Waals surface area (Å²) >= 11 is 1.54. The fourth-order valence-electron chi connectivity index (χ4n) is 1.85. The molecule has 1 aromatic rings. The van der Waals surface area contributed by atoms with Crippen molar-refractivity contribution in [1.82, 2.24) is 9.62 Å². The topological polar surface area (TPSA) is 103 Å². The molecule has 0 bridgehead atoms. The molecule has 0 radical (unpaired) electrons. The minimum Gasteiger partial charge on any atom is -0.583 e. The molecule has 1 rings (SSSR count). The van der Waals surface area contributed by atoms with Crippen molar-refractivity contribution in [1.29, 1.82) is 10.5 Å². The van der Waals surface area contributed by atoms with Crippen molar-refractivity contribution >= 4 is 44.4 Å². The van der Waals surface area contributed by atoms with Gasteiger partial charge in [0.1, 0.15) is 11.6 Å². The van der Waals surface area contributed by atoms with E-state index in [1.807, 2.05) is 4.72 Å². The highest BCUT2D eigenvalue weighted by Crippen LogP contribution is 2.43. The van der Waals surface area contributed by atoms with Crippen LogP contribution in [0.3, 0.4) is 0 Å². The van der Waals surface area contributed by atoms with Gasteiger partial charge in [-0.15, -0.1) is 21.3 Å². The zero-order chi connectivity index (χ0) is 19.4. The SMILES string of the molecule is CN(C)/C=C(\C#N)C(=O)C(F)(F)C(C)(N[S@+]([O-])C#N)c1cc(Br)cs1. The minimum atomic E-state index is -4.15. The van der Waals surface area contributed by atoms with Gasteiger partial charge < -0.3 is 9.45 Å². The third-order valence-corrected chi connectivity index (χ3v) is 5.78. The van der Waals surface area contributed by atoms with Crippen LogP contribution in [0.5, 0.6) is 0 Å². The Kier molecular flexibility index (Phi) is 7.11. The molecule has 1 heterocycles. The molecule has 11 heteroatoms. The van der Waals surface area contributed by atoms with Crippen molar-refractivity contribution < 1.29 is 18.1 Å². The third-order valence-electron chi connectivity index (χ3n) is 3.11. The lowest BCUT2D eigenvalue weighted by Crippen LogP contribution is -2.59. The van der Waals surface area contributed by atoms with Gasteiger partial charge in [0.2, 0.25) is 5.78 Å². The van der Waals surface area contributed by atoms with Crippen LogP contribution >= 0.6 is 27.3 Å². The van der Waals surface area contributed by atoms with Crippen molar-refractivity contribution in [3.05, 3.63) is 32.6 Å². The van der Waals surface area contributed by atoms with Crippen LogP contribution in [0.25, 0.3) is 0 Å². The van der Waals surface area contributed by atoms with Crippen LogP contribution in [0.1, 0.15) is 11.8 Å². The molecule has 1 unspecified atom stereocenters. The molecule has 0 aliphatic rings. The van der Waals surface area contributed by atoms with E-state index in [-0.39, 0.29) is 4.88 Å². The average Bonchev–Trinajstić information content (AvgIpc) is 2.98. The van der Waals surface area contributed by atoms with Crippen LogP contribution in [0.15, 0.2) is 27.7 Å². The first-order valence-corrected chi connectivity index (χ1v) is 9.36. The highest BCUT2D eigenvalue weighted by atomic mass is 79.9.